The van der Waals surface area contributed by atoms with Crippen molar-refractivity contribution in [1.82, 2.24) is 15.4 Å². The summed E-state index contributed by atoms with van der Waals surface area (Å²) in [6.45, 7) is 6.29. The molecule has 0 unspecified atom stereocenters. The number of rotatable bonds is 2. The lowest BCUT2D eigenvalue weighted by Crippen LogP contribution is -2.21. The fraction of sp³-hybridized carbons (Fsp3) is 0.353. The molecule has 0 atom stereocenters. The summed E-state index contributed by atoms with van der Waals surface area (Å²) in [5.74, 6) is 0.167. The Kier molecular flexibility index (Phi) is 3.24. The van der Waals surface area contributed by atoms with Crippen molar-refractivity contribution < 1.29 is 4.79 Å². The Hall–Kier alpha value is -2.23. The predicted molar refractivity (Wildman–Crippen MR) is 82.6 cm³/mol. The third-order valence-corrected chi connectivity index (χ3v) is 3.91. The lowest BCUT2D eigenvalue weighted by Gasteiger charge is -2.28. The van der Waals surface area contributed by atoms with Crippen LogP contribution < -0.4 is 0 Å². The molecule has 0 fully saturated rings. The van der Waals surface area contributed by atoms with E-state index in [1.165, 1.54) is 0 Å². The van der Waals surface area contributed by atoms with Gasteiger partial charge in [-0.2, -0.15) is 15.4 Å². The molecule has 0 amide bonds. The number of aromatic nitrogens is 3. The Bertz CT molecular complexity index is 725. The number of nitrogens with zero attached hydrogens (tertiary/aromatic N) is 2. The van der Waals surface area contributed by atoms with Crippen molar-refractivity contribution >= 4 is 11.4 Å². The van der Waals surface area contributed by atoms with Gasteiger partial charge in [0.15, 0.2) is 5.78 Å². The molecule has 1 heterocycles. The van der Waals surface area contributed by atoms with E-state index in [0.717, 1.165) is 34.5 Å². The third kappa shape index (κ3) is 2.66. The Labute approximate surface area is 124 Å². The van der Waals surface area contributed by atoms with Crippen LogP contribution in [0, 0.1) is 12.3 Å². The van der Waals surface area contributed by atoms with Crippen molar-refractivity contribution in [3.63, 3.8) is 0 Å². The number of nitrogens with one attached hydrogen (secondary N) is 1. The highest BCUT2D eigenvalue weighted by atomic mass is 16.1. The van der Waals surface area contributed by atoms with Gasteiger partial charge in [0.1, 0.15) is 11.4 Å². The fourth-order valence-electron chi connectivity index (χ4n) is 2.98. The first-order valence-electron chi connectivity index (χ1n) is 7.17. The summed E-state index contributed by atoms with van der Waals surface area (Å²) in [7, 11) is 0. The molecule has 4 nitrogen and oxygen atoms in total. The summed E-state index contributed by atoms with van der Waals surface area (Å²) in [5.41, 5.74) is 4.77. The van der Waals surface area contributed by atoms with Crippen molar-refractivity contribution in [3.05, 3.63) is 41.6 Å². The number of aromatic amines is 1. The highest BCUT2D eigenvalue weighted by molar-refractivity contribution is 6.00. The Morgan fingerprint density at radius 3 is 2.52 bits per heavy atom. The molecule has 0 bridgehead atoms. The van der Waals surface area contributed by atoms with Gasteiger partial charge in [0.05, 0.1) is 0 Å². The highest BCUT2D eigenvalue weighted by Crippen LogP contribution is 2.39. The summed E-state index contributed by atoms with van der Waals surface area (Å²) < 4.78 is 0. The lowest BCUT2D eigenvalue weighted by molar-refractivity contribution is -0.116. The van der Waals surface area contributed by atoms with E-state index in [-0.39, 0.29) is 11.2 Å². The molecule has 1 aromatic carbocycles. The lowest BCUT2D eigenvalue weighted by atomic mass is 9.75. The van der Waals surface area contributed by atoms with Crippen molar-refractivity contribution in [2.45, 2.75) is 33.6 Å². The summed E-state index contributed by atoms with van der Waals surface area (Å²) in [4.78, 5) is 12.0. The van der Waals surface area contributed by atoms with Crippen molar-refractivity contribution in [2.75, 3.05) is 0 Å². The first-order valence-corrected chi connectivity index (χ1v) is 7.17. The van der Waals surface area contributed by atoms with E-state index in [1.807, 2.05) is 18.2 Å². The van der Waals surface area contributed by atoms with E-state index in [2.05, 4.69) is 42.2 Å². The summed E-state index contributed by atoms with van der Waals surface area (Å²) >= 11 is 0. The topological polar surface area (TPSA) is 58.6 Å². The number of H-pyrrole nitrogens is 1. The molecular weight excluding hydrogens is 262 g/mol. The summed E-state index contributed by atoms with van der Waals surface area (Å²) in [6.07, 6.45) is 3.16. The molecule has 1 N–H and O–H groups in total. The average Bonchev–Trinajstić information content (AvgIpc) is 2.86. The van der Waals surface area contributed by atoms with Crippen LogP contribution in [-0.2, 0) is 4.79 Å². The second kappa shape index (κ2) is 4.95. The maximum absolute atomic E-state index is 12.0. The van der Waals surface area contributed by atoms with E-state index < -0.39 is 0 Å². The molecule has 0 aliphatic heterocycles. The Morgan fingerprint density at radius 2 is 1.81 bits per heavy atom. The van der Waals surface area contributed by atoms with Crippen molar-refractivity contribution in [3.8, 4) is 11.3 Å². The number of hydrogen-bond donors (Lipinski definition) is 1. The predicted octanol–water partition coefficient (Wildman–Crippen LogP) is 3.55. The SMILES string of the molecule is Cc1ccccc1-c1n[nH]nc1C1=CC(=O)CC(C)(C)C1. The third-order valence-electron chi connectivity index (χ3n) is 3.91. The standard InChI is InChI=1S/C17H19N3O/c1-11-6-4-5-7-14(11)16-15(18-20-19-16)12-8-13(21)10-17(2,3)9-12/h4-8H,9-10H2,1-3H3,(H,18,19,20). The summed E-state index contributed by atoms with van der Waals surface area (Å²) in [5, 5.41) is 11.3. The van der Waals surface area contributed by atoms with Crippen LogP contribution in [0.15, 0.2) is 30.3 Å². The van der Waals surface area contributed by atoms with Crippen LogP contribution in [0.4, 0.5) is 0 Å². The van der Waals surface area contributed by atoms with Crippen LogP contribution in [0.3, 0.4) is 0 Å². The van der Waals surface area contributed by atoms with Crippen LogP contribution in [0.2, 0.25) is 0 Å². The van der Waals surface area contributed by atoms with E-state index in [9.17, 15) is 4.79 Å². The molecule has 1 aliphatic carbocycles. The van der Waals surface area contributed by atoms with E-state index in [4.69, 9.17) is 0 Å². The van der Waals surface area contributed by atoms with Crippen molar-refractivity contribution in [2.24, 2.45) is 5.41 Å². The van der Waals surface area contributed by atoms with E-state index in [1.54, 1.807) is 6.08 Å². The zero-order valence-corrected chi connectivity index (χ0v) is 12.6. The number of carbonyl (C=O) groups is 1. The molecule has 1 aliphatic rings. The van der Waals surface area contributed by atoms with E-state index in [0.29, 0.717) is 6.42 Å². The largest absolute Gasteiger partial charge is 0.295 e. The second-order valence-corrected chi connectivity index (χ2v) is 6.49. The molecule has 0 saturated carbocycles. The molecule has 1 aromatic heterocycles. The van der Waals surface area contributed by atoms with Gasteiger partial charge in [-0.3, -0.25) is 4.79 Å². The number of aryl methyl sites for hydroxylation is 1. The van der Waals surface area contributed by atoms with Gasteiger partial charge >= 0.3 is 0 Å². The van der Waals surface area contributed by atoms with Gasteiger partial charge in [0.25, 0.3) is 0 Å². The molecule has 0 saturated heterocycles. The van der Waals surface area contributed by atoms with Gasteiger partial charge in [0, 0.05) is 12.0 Å². The highest BCUT2D eigenvalue weighted by Gasteiger charge is 2.30. The second-order valence-electron chi connectivity index (χ2n) is 6.49. The van der Waals surface area contributed by atoms with Gasteiger partial charge in [-0.15, -0.1) is 0 Å². The van der Waals surface area contributed by atoms with Crippen LogP contribution in [0.5, 0.6) is 0 Å². The number of hydrogen-bond acceptors (Lipinski definition) is 3. The maximum Gasteiger partial charge on any atom is 0.156 e. The molecular formula is C17H19N3O. The van der Waals surface area contributed by atoms with Crippen LogP contribution in [-0.4, -0.2) is 21.2 Å². The van der Waals surface area contributed by atoms with Gasteiger partial charge in [-0.05, 0) is 36.0 Å². The number of ketones is 1. The smallest absolute Gasteiger partial charge is 0.156 e. The number of benzene rings is 1. The number of allylic oxidation sites excluding steroid dienone is 2. The minimum absolute atomic E-state index is 0.0247. The molecule has 0 spiro atoms. The van der Waals surface area contributed by atoms with Gasteiger partial charge in [0.2, 0.25) is 0 Å². The summed E-state index contributed by atoms with van der Waals surface area (Å²) in [6, 6.07) is 8.08. The molecule has 108 valence electrons. The minimum Gasteiger partial charge on any atom is -0.295 e. The maximum atomic E-state index is 12.0. The fourth-order valence-corrected chi connectivity index (χ4v) is 2.98. The van der Waals surface area contributed by atoms with Gasteiger partial charge < -0.3 is 0 Å². The van der Waals surface area contributed by atoms with Crippen molar-refractivity contribution in [1.29, 1.82) is 0 Å². The number of carbonyl (C=O) groups excluding carboxylic acids is 1. The molecule has 2 aromatic rings. The first kappa shape index (κ1) is 13.7. The van der Waals surface area contributed by atoms with Crippen LogP contribution >= 0.6 is 0 Å². The molecule has 0 radical (unpaired) electrons. The monoisotopic (exact) mass is 281 g/mol. The quantitative estimate of drug-likeness (QED) is 0.915. The minimum atomic E-state index is -0.0247. The molecule has 3 rings (SSSR count). The van der Waals surface area contributed by atoms with E-state index >= 15 is 0 Å². The zero-order valence-electron chi connectivity index (χ0n) is 12.6. The normalized spacial score (nSPS) is 17.7. The first-order chi connectivity index (χ1) is 9.96. The molecule has 4 heteroatoms. The van der Waals surface area contributed by atoms with Crippen LogP contribution in [0.1, 0.15) is 37.9 Å². The zero-order chi connectivity index (χ0) is 15.0. The van der Waals surface area contributed by atoms with Crippen LogP contribution in [0.25, 0.3) is 16.8 Å². The Morgan fingerprint density at radius 1 is 1.10 bits per heavy atom. The molecule has 21 heavy (non-hydrogen) atoms. The van der Waals surface area contributed by atoms with Gasteiger partial charge in [-0.25, -0.2) is 0 Å². The average molecular weight is 281 g/mol. The van der Waals surface area contributed by atoms with Gasteiger partial charge in [-0.1, -0.05) is 38.1 Å². The Balaban J connectivity index is 2.08.